The number of benzene rings is 1. The second-order valence-electron chi connectivity index (χ2n) is 6.74. The minimum Gasteiger partial charge on any atom is -0.296 e. The summed E-state index contributed by atoms with van der Waals surface area (Å²) in [6, 6.07) is 16.5. The van der Waals surface area contributed by atoms with E-state index in [0.29, 0.717) is 5.92 Å². The monoisotopic (exact) mass is 341 g/mol. The molecule has 0 aliphatic carbocycles. The molecule has 0 spiro atoms. The zero-order valence-electron chi connectivity index (χ0n) is 14.4. The Morgan fingerprint density at radius 2 is 1.85 bits per heavy atom. The minimum atomic E-state index is 0.571. The fourth-order valence-electron chi connectivity index (χ4n) is 3.65. The van der Waals surface area contributed by atoms with Gasteiger partial charge in [0.05, 0.1) is 11.4 Å². The highest BCUT2D eigenvalue weighted by Gasteiger charge is 2.29. The van der Waals surface area contributed by atoms with Crippen LogP contribution in [0.1, 0.15) is 17.2 Å². The van der Waals surface area contributed by atoms with Gasteiger partial charge in [0, 0.05) is 55.9 Å². The summed E-state index contributed by atoms with van der Waals surface area (Å²) in [6.07, 6.45) is 7.66. The van der Waals surface area contributed by atoms with E-state index >= 15 is 0 Å². The number of pyridine rings is 1. The quantitative estimate of drug-likeness (QED) is 0.571. The fourth-order valence-corrected chi connectivity index (χ4v) is 3.65. The van der Waals surface area contributed by atoms with E-state index in [4.69, 9.17) is 4.98 Å². The van der Waals surface area contributed by atoms with Crippen molar-refractivity contribution in [3.8, 4) is 11.3 Å². The van der Waals surface area contributed by atoms with Gasteiger partial charge in [-0.2, -0.15) is 0 Å². The van der Waals surface area contributed by atoms with Gasteiger partial charge in [-0.25, -0.2) is 9.97 Å². The molecule has 128 valence electrons. The molecule has 4 heterocycles. The topological polar surface area (TPSA) is 46.3 Å². The average Bonchev–Trinajstić information content (AvgIpc) is 3.04. The minimum absolute atomic E-state index is 0.571. The first-order valence-electron chi connectivity index (χ1n) is 8.88. The molecule has 1 fully saturated rings. The van der Waals surface area contributed by atoms with E-state index in [1.807, 2.05) is 30.6 Å². The van der Waals surface area contributed by atoms with Crippen molar-refractivity contribution in [2.45, 2.75) is 12.5 Å². The highest BCUT2D eigenvalue weighted by atomic mass is 15.2. The van der Waals surface area contributed by atoms with E-state index < -0.39 is 0 Å². The first kappa shape index (κ1) is 15.2. The van der Waals surface area contributed by atoms with Crippen molar-refractivity contribution in [2.75, 3.05) is 13.1 Å². The van der Waals surface area contributed by atoms with E-state index in [1.54, 1.807) is 6.20 Å². The molecule has 0 saturated carbocycles. The van der Waals surface area contributed by atoms with E-state index in [-0.39, 0.29) is 0 Å². The maximum Gasteiger partial charge on any atom is 0.234 e. The van der Waals surface area contributed by atoms with Crippen molar-refractivity contribution in [3.63, 3.8) is 0 Å². The Bertz CT molecular complexity index is 1020. The van der Waals surface area contributed by atoms with Gasteiger partial charge in [-0.1, -0.05) is 36.4 Å². The first-order valence-corrected chi connectivity index (χ1v) is 8.88. The molecule has 5 heteroatoms. The predicted molar refractivity (Wildman–Crippen MR) is 101 cm³/mol. The molecular weight excluding hydrogens is 322 g/mol. The summed E-state index contributed by atoms with van der Waals surface area (Å²) < 4.78 is 2.11. The van der Waals surface area contributed by atoms with Crippen molar-refractivity contribution >= 4 is 5.78 Å². The lowest BCUT2D eigenvalue weighted by molar-refractivity contribution is 0.137. The molecule has 4 aromatic rings. The lowest BCUT2D eigenvalue weighted by atomic mass is 9.92. The molecule has 5 nitrogen and oxygen atoms in total. The van der Waals surface area contributed by atoms with Gasteiger partial charge in [-0.3, -0.25) is 14.3 Å². The second-order valence-corrected chi connectivity index (χ2v) is 6.74. The number of aromatic nitrogens is 4. The Balaban J connectivity index is 1.44. The summed E-state index contributed by atoms with van der Waals surface area (Å²) in [7, 11) is 0. The molecule has 26 heavy (non-hydrogen) atoms. The molecule has 5 rings (SSSR count). The van der Waals surface area contributed by atoms with Crippen molar-refractivity contribution in [1.29, 1.82) is 0 Å². The molecule has 0 radical (unpaired) electrons. The molecule has 1 aliphatic heterocycles. The number of hydrogen-bond donors (Lipinski definition) is 0. The lowest BCUT2D eigenvalue weighted by Gasteiger charge is -2.39. The van der Waals surface area contributed by atoms with Gasteiger partial charge < -0.3 is 0 Å². The number of nitrogens with zero attached hydrogens (tertiary/aromatic N) is 5. The van der Waals surface area contributed by atoms with E-state index in [0.717, 1.165) is 36.7 Å². The van der Waals surface area contributed by atoms with Gasteiger partial charge >= 0.3 is 0 Å². The van der Waals surface area contributed by atoms with Gasteiger partial charge in [0.15, 0.2) is 0 Å². The molecule has 0 amide bonds. The van der Waals surface area contributed by atoms with Gasteiger partial charge in [-0.15, -0.1) is 0 Å². The van der Waals surface area contributed by atoms with Crippen LogP contribution in [-0.4, -0.2) is 37.3 Å². The summed E-state index contributed by atoms with van der Waals surface area (Å²) in [5, 5.41) is 0. The zero-order chi connectivity index (χ0) is 17.3. The third-order valence-corrected chi connectivity index (χ3v) is 5.04. The van der Waals surface area contributed by atoms with Crippen molar-refractivity contribution < 1.29 is 0 Å². The van der Waals surface area contributed by atoms with E-state index in [1.165, 1.54) is 11.3 Å². The number of hydrogen-bond acceptors (Lipinski definition) is 4. The molecule has 1 saturated heterocycles. The fraction of sp³-hybridized carbons (Fsp3) is 0.190. The van der Waals surface area contributed by atoms with Gasteiger partial charge in [-0.05, 0) is 17.7 Å². The van der Waals surface area contributed by atoms with Gasteiger partial charge in [0.25, 0.3) is 0 Å². The van der Waals surface area contributed by atoms with Crippen LogP contribution in [0.2, 0.25) is 0 Å². The Morgan fingerprint density at radius 1 is 0.962 bits per heavy atom. The average molecular weight is 341 g/mol. The van der Waals surface area contributed by atoms with Crippen molar-refractivity contribution in [3.05, 3.63) is 84.6 Å². The van der Waals surface area contributed by atoms with Crippen molar-refractivity contribution in [1.82, 2.24) is 24.3 Å². The smallest absolute Gasteiger partial charge is 0.234 e. The van der Waals surface area contributed by atoms with Crippen molar-refractivity contribution in [2.24, 2.45) is 0 Å². The molecule has 0 unspecified atom stereocenters. The Labute approximate surface area is 152 Å². The molecular formula is C21H19N5. The summed E-state index contributed by atoms with van der Waals surface area (Å²) in [4.78, 5) is 15.9. The molecule has 1 aliphatic rings. The third-order valence-electron chi connectivity index (χ3n) is 5.04. The third kappa shape index (κ3) is 2.66. The number of fused-ring (bicyclic) bond motifs is 1. The normalized spacial score (nSPS) is 15.2. The Morgan fingerprint density at radius 3 is 2.65 bits per heavy atom. The number of rotatable bonds is 4. The van der Waals surface area contributed by atoms with Crippen LogP contribution < -0.4 is 0 Å². The maximum absolute atomic E-state index is 4.79. The van der Waals surface area contributed by atoms with Crippen LogP contribution in [-0.2, 0) is 6.54 Å². The standard InChI is InChI=1S/C21H19N5/c1-2-6-16(7-3-1)20-19(26-11-5-10-23-21(26)24-20)15-25-13-18(14-25)17-8-4-9-22-12-17/h1-12,18H,13-15H2. The van der Waals surface area contributed by atoms with Crippen LogP contribution in [0.3, 0.4) is 0 Å². The highest BCUT2D eigenvalue weighted by Crippen LogP contribution is 2.31. The van der Waals surface area contributed by atoms with Crippen LogP contribution in [0.4, 0.5) is 0 Å². The number of likely N-dealkylation sites (tertiary alicyclic amines) is 1. The van der Waals surface area contributed by atoms with Crippen LogP contribution >= 0.6 is 0 Å². The zero-order valence-corrected chi connectivity index (χ0v) is 14.4. The van der Waals surface area contributed by atoms with E-state index in [2.05, 4.69) is 55.8 Å². The van der Waals surface area contributed by atoms with Crippen LogP contribution in [0, 0.1) is 0 Å². The summed E-state index contributed by atoms with van der Waals surface area (Å²) >= 11 is 0. The Hall–Kier alpha value is -3.05. The van der Waals surface area contributed by atoms with Gasteiger partial charge in [0.1, 0.15) is 0 Å². The SMILES string of the molecule is c1ccc(-c2nc3ncccn3c2CN2CC(c3cccnc3)C2)cc1. The highest BCUT2D eigenvalue weighted by molar-refractivity contribution is 5.65. The summed E-state index contributed by atoms with van der Waals surface area (Å²) in [5.74, 6) is 1.33. The molecule has 0 bridgehead atoms. The van der Waals surface area contributed by atoms with E-state index in [9.17, 15) is 0 Å². The number of imidazole rings is 1. The van der Waals surface area contributed by atoms with Gasteiger partial charge in [0.2, 0.25) is 5.78 Å². The lowest BCUT2D eigenvalue weighted by Crippen LogP contribution is -2.44. The largest absolute Gasteiger partial charge is 0.296 e. The van der Waals surface area contributed by atoms with Crippen LogP contribution in [0.15, 0.2) is 73.3 Å². The maximum atomic E-state index is 4.79. The second kappa shape index (κ2) is 6.35. The Kier molecular flexibility index (Phi) is 3.72. The van der Waals surface area contributed by atoms with Crippen LogP contribution in [0.5, 0.6) is 0 Å². The molecule has 1 aromatic carbocycles. The predicted octanol–water partition coefficient (Wildman–Crippen LogP) is 3.39. The summed E-state index contributed by atoms with van der Waals surface area (Å²) in [6.45, 7) is 2.97. The molecule has 0 N–H and O–H groups in total. The summed E-state index contributed by atoms with van der Waals surface area (Å²) in [5.41, 5.74) is 4.68. The molecule has 0 atom stereocenters. The first-order chi connectivity index (χ1) is 12.9. The van der Waals surface area contributed by atoms with Crippen LogP contribution in [0.25, 0.3) is 17.0 Å². The molecule has 3 aromatic heterocycles.